The zero-order valence-electron chi connectivity index (χ0n) is 19.2. The van der Waals surface area contributed by atoms with Crippen LogP contribution in [0.4, 0.5) is 0 Å². The van der Waals surface area contributed by atoms with Crippen molar-refractivity contribution in [1.29, 1.82) is 0 Å². The number of primary amides is 1. The van der Waals surface area contributed by atoms with E-state index in [0.29, 0.717) is 42.5 Å². The van der Waals surface area contributed by atoms with Crippen LogP contribution in [0.5, 0.6) is 0 Å². The molecule has 1 amide bonds. The van der Waals surface area contributed by atoms with Crippen molar-refractivity contribution in [3.05, 3.63) is 36.5 Å². The number of Topliss-reactive ketones (excluding diaryl/α,β-unsaturated/α-hetero) is 1. The van der Waals surface area contributed by atoms with Crippen LogP contribution in [0.25, 0.3) is 10.9 Å². The highest BCUT2D eigenvalue weighted by Crippen LogP contribution is 2.63. The van der Waals surface area contributed by atoms with Crippen molar-refractivity contribution >= 4 is 32.6 Å². The summed E-state index contributed by atoms with van der Waals surface area (Å²) < 4.78 is 29.7. The molecule has 0 spiro atoms. The van der Waals surface area contributed by atoms with Gasteiger partial charge in [0.1, 0.15) is 4.90 Å². The van der Waals surface area contributed by atoms with E-state index in [-0.39, 0.29) is 27.9 Å². The van der Waals surface area contributed by atoms with Gasteiger partial charge in [0.15, 0.2) is 5.78 Å². The molecule has 180 valence electrons. The average Bonchev–Trinajstić information content (AvgIpc) is 2.77. The Bertz CT molecular complexity index is 1260. The molecule has 0 saturated heterocycles. The van der Waals surface area contributed by atoms with E-state index in [1.807, 2.05) is 12.1 Å². The molecule has 0 radical (unpaired) electrons. The molecule has 2 aromatic rings. The van der Waals surface area contributed by atoms with Gasteiger partial charge in [0.05, 0.1) is 11.1 Å². The zero-order valence-corrected chi connectivity index (χ0v) is 20.0. The predicted octanol–water partition coefficient (Wildman–Crippen LogP) is 3.32. The number of pyridine rings is 1. The van der Waals surface area contributed by atoms with E-state index in [1.165, 1.54) is 0 Å². The lowest BCUT2D eigenvalue weighted by Crippen LogP contribution is -2.61. The van der Waals surface area contributed by atoms with Crippen LogP contribution in [0, 0.1) is 29.1 Å². The fourth-order valence-corrected chi connectivity index (χ4v) is 9.37. The van der Waals surface area contributed by atoms with E-state index in [0.717, 1.165) is 43.9 Å². The molecule has 2 unspecified atom stereocenters. The highest BCUT2D eigenvalue weighted by atomic mass is 32.2. The van der Waals surface area contributed by atoms with Crippen LogP contribution in [0.15, 0.2) is 41.4 Å². The molecule has 5 aliphatic rings. The second-order valence-electron chi connectivity index (χ2n) is 11.3. The number of nitrogens with one attached hydrogen (secondary N) is 1. The van der Waals surface area contributed by atoms with Crippen LogP contribution in [-0.2, 0) is 19.6 Å². The number of para-hydroxylation sites is 1. The van der Waals surface area contributed by atoms with Gasteiger partial charge in [-0.15, -0.1) is 0 Å². The van der Waals surface area contributed by atoms with Gasteiger partial charge in [-0.05, 0) is 87.2 Å². The number of carbonyl (C=O) groups is 2. The zero-order chi connectivity index (χ0) is 23.7. The standard InChI is InChI=1S/C26H31N3O4S/c27-24(31)25-13-16-10-18(14-25)20(19(11-16)15-25)12-22(30)26(7-3-8-26)29-34(32,33)21-6-1-4-17-5-2-9-28-23(17)21/h1-2,4-6,9,16,18-20,29H,3,7-8,10-15H2,(H2,27,31). The number of sulfonamides is 1. The predicted molar refractivity (Wildman–Crippen MR) is 127 cm³/mol. The molecular formula is C26H31N3O4S. The SMILES string of the molecule is NC(=O)C12CC3CC(C1)C(CC(=O)C1(NS(=O)(=O)c4cccc5cccnc45)CCC1)C(C3)C2. The monoisotopic (exact) mass is 481 g/mol. The number of nitrogens with two attached hydrogens (primary N) is 1. The summed E-state index contributed by atoms with van der Waals surface area (Å²) in [6, 6.07) is 8.69. The summed E-state index contributed by atoms with van der Waals surface area (Å²) in [6.07, 6.45) is 8.43. The molecule has 2 atom stereocenters. The van der Waals surface area contributed by atoms with Crippen molar-refractivity contribution in [3.8, 4) is 0 Å². The number of hydrogen-bond acceptors (Lipinski definition) is 5. The molecule has 5 saturated carbocycles. The number of hydrogen-bond donors (Lipinski definition) is 2. The lowest BCUT2D eigenvalue weighted by Gasteiger charge is -2.59. The number of benzene rings is 1. The molecule has 1 aromatic carbocycles. The van der Waals surface area contributed by atoms with Gasteiger partial charge in [0.2, 0.25) is 15.9 Å². The number of ketones is 1. The van der Waals surface area contributed by atoms with Gasteiger partial charge in [-0.1, -0.05) is 18.2 Å². The van der Waals surface area contributed by atoms with Crippen molar-refractivity contribution in [3.63, 3.8) is 0 Å². The third kappa shape index (κ3) is 3.33. The summed E-state index contributed by atoms with van der Waals surface area (Å²) in [5.74, 6) is 1.24. The van der Waals surface area contributed by atoms with E-state index >= 15 is 0 Å². The van der Waals surface area contributed by atoms with Gasteiger partial charge < -0.3 is 5.73 Å². The first-order chi connectivity index (χ1) is 16.2. The molecule has 0 aliphatic heterocycles. The fourth-order valence-electron chi connectivity index (χ4n) is 7.75. The van der Waals surface area contributed by atoms with Crippen molar-refractivity contribution in [2.24, 2.45) is 34.8 Å². The van der Waals surface area contributed by atoms with Gasteiger partial charge in [-0.2, -0.15) is 4.72 Å². The van der Waals surface area contributed by atoms with Crippen molar-refractivity contribution < 1.29 is 18.0 Å². The summed E-state index contributed by atoms with van der Waals surface area (Å²) in [5.41, 5.74) is 4.81. The van der Waals surface area contributed by atoms with Gasteiger partial charge in [-0.3, -0.25) is 14.6 Å². The highest BCUT2D eigenvalue weighted by molar-refractivity contribution is 7.89. The normalized spacial score (nSPS) is 33.5. The summed E-state index contributed by atoms with van der Waals surface area (Å²) in [4.78, 5) is 30.3. The van der Waals surface area contributed by atoms with Crippen LogP contribution in [0.2, 0.25) is 0 Å². The first kappa shape index (κ1) is 22.2. The minimum atomic E-state index is -3.93. The Hall–Kier alpha value is -2.32. The lowest BCUT2D eigenvalue weighted by molar-refractivity contribution is -0.152. The number of amides is 1. The molecule has 1 aromatic heterocycles. The molecule has 4 bridgehead atoms. The maximum absolute atomic E-state index is 13.7. The van der Waals surface area contributed by atoms with Gasteiger partial charge in [0, 0.05) is 23.4 Å². The topological polar surface area (TPSA) is 119 Å². The number of nitrogens with zero attached hydrogens (tertiary/aromatic N) is 1. The van der Waals surface area contributed by atoms with Crippen LogP contribution in [0.3, 0.4) is 0 Å². The summed E-state index contributed by atoms with van der Waals surface area (Å²) in [6.45, 7) is 0. The third-order valence-electron chi connectivity index (χ3n) is 9.37. The summed E-state index contributed by atoms with van der Waals surface area (Å²) >= 11 is 0. The molecule has 7 nitrogen and oxygen atoms in total. The molecule has 3 N–H and O–H groups in total. The van der Waals surface area contributed by atoms with E-state index < -0.39 is 15.6 Å². The number of carbonyl (C=O) groups excluding carboxylic acids is 2. The Morgan fingerprint density at radius 2 is 1.76 bits per heavy atom. The van der Waals surface area contributed by atoms with Gasteiger partial charge >= 0.3 is 0 Å². The quantitative estimate of drug-likeness (QED) is 0.629. The third-order valence-corrected chi connectivity index (χ3v) is 10.9. The first-order valence-electron chi connectivity index (χ1n) is 12.4. The van der Waals surface area contributed by atoms with Crippen molar-refractivity contribution in [2.45, 2.75) is 68.2 Å². The van der Waals surface area contributed by atoms with Crippen LogP contribution in [-0.4, -0.2) is 30.6 Å². The Morgan fingerprint density at radius 1 is 1.06 bits per heavy atom. The summed E-state index contributed by atoms with van der Waals surface area (Å²) in [5, 5.41) is 0.747. The second-order valence-corrected chi connectivity index (χ2v) is 12.9. The van der Waals surface area contributed by atoms with E-state index in [2.05, 4.69) is 9.71 Å². The molecule has 1 heterocycles. The number of aromatic nitrogens is 1. The van der Waals surface area contributed by atoms with Crippen molar-refractivity contribution in [1.82, 2.24) is 9.71 Å². The van der Waals surface area contributed by atoms with E-state index in [4.69, 9.17) is 5.73 Å². The largest absolute Gasteiger partial charge is 0.369 e. The maximum atomic E-state index is 13.7. The second kappa shape index (κ2) is 7.59. The van der Waals surface area contributed by atoms with Gasteiger partial charge in [0.25, 0.3) is 0 Å². The maximum Gasteiger partial charge on any atom is 0.243 e. The fraction of sp³-hybridized carbons (Fsp3) is 0.577. The smallest absolute Gasteiger partial charge is 0.243 e. The van der Waals surface area contributed by atoms with Crippen LogP contribution in [0.1, 0.15) is 57.8 Å². The Morgan fingerprint density at radius 3 is 2.41 bits per heavy atom. The Labute approximate surface area is 199 Å². The van der Waals surface area contributed by atoms with Crippen LogP contribution >= 0.6 is 0 Å². The number of rotatable bonds is 7. The van der Waals surface area contributed by atoms with E-state index in [9.17, 15) is 18.0 Å². The first-order valence-corrected chi connectivity index (χ1v) is 13.9. The molecule has 8 heteroatoms. The number of fused-ring (bicyclic) bond motifs is 1. The molecule has 7 rings (SSSR count). The van der Waals surface area contributed by atoms with Crippen LogP contribution < -0.4 is 10.5 Å². The lowest BCUT2D eigenvalue weighted by atomic mass is 9.45. The average molecular weight is 482 g/mol. The summed E-state index contributed by atoms with van der Waals surface area (Å²) in [7, 11) is -3.93. The minimum absolute atomic E-state index is 0.00104. The Balaban J connectivity index is 1.24. The molecule has 34 heavy (non-hydrogen) atoms. The molecule has 5 aliphatic carbocycles. The van der Waals surface area contributed by atoms with E-state index in [1.54, 1.807) is 24.4 Å². The minimum Gasteiger partial charge on any atom is -0.369 e. The van der Waals surface area contributed by atoms with Gasteiger partial charge in [-0.25, -0.2) is 8.42 Å². The highest BCUT2D eigenvalue weighted by Gasteiger charge is 2.59. The Kier molecular flexibility index (Phi) is 4.95. The molecular weight excluding hydrogens is 450 g/mol. The van der Waals surface area contributed by atoms with Crippen molar-refractivity contribution in [2.75, 3.05) is 0 Å². The molecule has 5 fully saturated rings.